The molecule has 11 nitrogen and oxygen atoms in total. The van der Waals surface area contributed by atoms with Gasteiger partial charge in [-0.05, 0) is 50.5 Å². The molecule has 1 aliphatic rings. The Hall–Kier alpha value is -4.11. The molecule has 44 heavy (non-hydrogen) atoms. The van der Waals surface area contributed by atoms with Gasteiger partial charge < -0.3 is 25.6 Å². The third kappa shape index (κ3) is 6.99. The van der Waals surface area contributed by atoms with E-state index in [-0.39, 0.29) is 52.5 Å². The van der Waals surface area contributed by atoms with Crippen molar-refractivity contribution in [3.63, 3.8) is 0 Å². The van der Waals surface area contributed by atoms with Gasteiger partial charge in [-0.25, -0.2) is 13.4 Å². The molecule has 2 amide bonds. The number of hydrogen-bond acceptors (Lipinski definition) is 9. The summed E-state index contributed by atoms with van der Waals surface area (Å²) in [4.78, 5) is 34.7. The van der Waals surface area contributed by atoms with E-state index >= 15 is 0 Å². The highest BCUT2D eigenvalue weighted by atomic mass is 35.5. The number of anilines is 5. The van der Waals surface area contributed by atoms with Crippen LogP contribution in [-0.4, -0.2) is 61.8 Å². The van der Waals surface area contributed by atoms with E-state index in [9.17, 15) is 31.2 Å². The fourth-order valence-electron chi connectivity index (χ4n) is 4.85. The first kappa shape index (κ1) is 32.8. The summed E-state index contributed by atoms with van der Waals surface area (Å²) in [6.45, 7) is 3.56. The molecule has 0 bridgehead atoms. The number of alkyl halides is 3. The zero-order valence-electron chi connectivity index (χ0n) is 24.0. The summed E-state index contributed by atoms with van der Waals surface area (Å²) in [6, 6.07) is 8.19. The number of carbonyl (C=O) groups is 2. The highest BCUT2D eigenvalue weighted by Gasteiger charge is 2.42. The number of rotatable bonds is 10. The van der Waals surface area contributed by atoms with Crippen molar-refractivity contribution in [1.29, 1.82) is 0 Å². The van der Waals surface area contributed by atoms with E-state index in [2.05, 4.69) is 20.6 Å². The predicted molar refractivity (Wildman–Crippen MR) is 160 cm³/mol. The van der Waals surface area contributed by atoms with Gasteiger partial charge in [0.1, 0.15) is 16.8 Å². The maximum atomic E-state index is 13.1. The molecule has 0 aliphatic carbocycles. The van der Waals surface area contributed by atoms with Gasteiger partial charge in [0.15, 0.2) is 15.7 Å². The van der Waals surface area contributed by atoms with Gasteiger partial charge in [0.05, 0.1) is 41.0 Å². The molecule has 2 heterocycles. The Bertz CT molecular complexity index is 1670. The minimum atomic E-state index is -5.14. The second-order valence-corrected chi connectivity index (χ2v) is 12.2. The molecule has 4 rings (SSSR count). The first-order valence-electron chi connectivity index (χ1n) is 13.6. The van der Waals surface area contributed by atoms with E-state index in [1.165, 1.54) is 24.3 Å². The van der Waals surface area contributed by atoms with E-state index in [4.69, 9.17) is 16.3 Å². The number of methoxy groups -OCH3 is 1. The van der Waals surface area contributed by atoms with Crippen LogP contribution in [-0.2, 0) is 25.8 Å². The summed E-state index contributed by atoms with van der Waals surface area (Å²) < 4.78 is 70.0. The van der Waals surface area contributed by atoms with Crippen molar-refractivity contribution in [1.82, 2.24) is 15.3 Å². The van der Waals surface area contributed by atoms with Crippen molar-refractivity contribution in [3.8, 4) is 5.75 Å². The molecule has 2 aromatic carbocycles. The number of nitrogens with zero attached hydrogens (tertiary/aromatic N) is 3. The number of halogens is 4. The SMILES string of the molecule is CCCS(=O)(=O)c1ccccc1Nc1nc(Nc2ccc3c(c2OC)CCC(NC(=O)C(F)(F)F)C(=O)N3CC)ncc1Cl. The molecule has 1 aromatic heterocycles. The van der Waals surface area contributed by atoms with Gasteiger partial charge in [-0.2, -0.15) is 18.2 Å². The predicted octanol–water partition coefficient (Wildman–Crippen LogP) is 5.16. The van der Waals surface area contributed by atoms with Crippen LogP contribution in [0.1, 0.15) is 32.3 Å². The molecule has 1 aliphatic heterocycles. The Morgan fingerprint density at radius 1 is 1.14 bits per heavy atom. The molecule has 0 saturated heterocycles. The number of para-hydroxylation sites is 1. The van der Waals surface area contributed by atoms with Gasteiger partial charge in [0, 0.05) is 12.1 Å². The lowest BCUT2D eigenvalue weighted by atomic mass is 10.0. The molecule has 0 radical (unpaired) electrons. The number of ether oxygens (including phenoxy) is 1. The first-order chi connectivity index (χ1) is 20.8. The van der Waals surface area contributed by atoms with Crippen molar-refractivity contribution in [3.05, 3.63) is 53.2 Å². The average Bonchev–Trinajstić information content (AvgIpc) is 3.10. The third-order valence-electron chi connectivity index (χ3n) is 6.80. The lowest BCUT2D eigenvalue weighted by Gasteiger charge is -2.26. The second kappa shape index (κ2) is 13.3. The maximum absolute atomic E-state index is 13.1. The molecule has 0 spiro atoms. The van der Waals surface area contributed by atoms with Crippen LogP contribution in [0.4, 0.5) is 42.0 Å². The highest BCUT2D eigenvalue weighted by molar-refractivity contribution is 7.91. The summed E-state index contributed by atoms with van der Waals surface area (Å²) in [5.41, 5.74) is 1.62. The highest BCUT2D eigenvalue weighted by Crippen LogP contribution is 2.40. The third-order valence-corrected chi connectivity index (χ3v) is 9.04. The Morgan fingerprint density at radius 2 is 1.86 bits per heavy atom. The smallest absolute Gasteiger partial charge is 0.471 e. The van der Waals surface area contributed by atoms with Crippen LogP contribution in [0.5, 0.6) is 5.75 Å². The van der Waals surface area contributed by atoms with Crippen molar-refractivity contribution in [2.75, 3.05) is 34.9 Å². The minimum absolute atomic E-state index is 0.0371. The number of hydrogen-bond donors (Lipinski definition) is 3. The zero-order valence-corrected chi connectivity index (χ0v) is 25.5. The lowest BCUT2D eigenvalue weighted by molar-refractivity contribution is -0.174. The van der Waals surface area contributed by atoms with Gasteiger partial charge in [0.2, 0.25) is 11.9 Å². The second-order valence-electron chi connectivity index (χ2n) is 9.74. The van der Waals surface area contributed by atoms with Crippen LogP contribution in [0.3, 0.4) is 0 Å². The van der Waals surface area contributed by atoms with E-state index in [0.29, 0.717) is 29.1 Å². The van der Waals surface area contributed by atoms with Gasteiger partial charge in [0.25, 0.3) is 0 Å². The maximum Gasteiger partial charge on any atom is 0.471 e. The van der Waals surface area contributed by atoms with E-state index < -0.39 is 33.9 Å². The normalized spacial score (nSPS) is 15.3. The van der Waals surface area contributed by atoms with Gasteiger partial charge in [-0.1, -0.05) is 30.7 Å². The number of fused-ring (bicyclic) bond motifs is 1. The van der Waals surface area contributed by atoms with Crippen LogP contribution in [0.25, 0.3) is 0 Å². The summed E-state index contributed by atoms with van der Waals surface area (Å²) in [5.74, 6) is -2.42. The topological polar surface area (TPSA) is 143 Å². The van der Waals surface area contributed by atoms with Crippen molar-refractivity contribution in [2.24, 2.45) is 0 Å². The largest absolute Gasteiger partial charge is 0.494 e. The Morgan fingerprint density at radius 3 is 2.52 bits per heavy atom. The molecule has 0 fully saturated rings. The van der Waals surface area contributed by atoms with Gasteiger partial charge in [-0.15, -0.1) is 0 Å². The van der Waals surface area contributed by atoms with Gasteiger partial charge in [-0.3, -0.25) is 9.59 Å². The fourth-order valence-corrected chi connectivity index (χ4v) is 6.48. The standard InChI is InChI=1S/C28H30ClF3N6O5S/c1-4-14-44(41,42)22-9-7-6-8-18(22)34-24-17(29)15-33-27(37-24)36-19-12-13-21-16(23(19)43-3)10-11-20(25(39)38(21)5-2)35-26(40)28(30,31)32/h6-9,12-13,15,20H,4-5,10-11,14H2,1-3H3,(H,35,40)(H2,33,34,36,37). The molecular weight excluding hydrogens is 625 g/mol. The molecule has 236 valence electrons. The van der Waals surface area contributed by atoms with Crippen LogP contribution < -0.4 is 25.6 Å². The Balaban J connectivity index is 1.65. The minimum Gasteiger partial charge on any atom is -0.494 e. The number of aromatic nitrogens is 2. The average molecular weight is 655 g/mol. The van der Waals surface area contributed by atoms with Crippen LogP contribution >= 0.6 is 11.6 Å². The molecule has 1 atom stereocenters. The van der Waals surface area contributed by atoms with Crippen LogP contribution in [0.2, 0.25) is 5.02 Å². The van der Waals surface area contributed by atoms with Gasteiger partial charge >= 0.3 is 12.1 Å². The Labute approximate surface area is 257 Å². The van der Waals surface area contributed by atoms with Crippen molar-refractivity contribution >= 4 is 62.1 Å². The summed E-state index contributed by atoms with van der Waals surface area (Å²) >= 11 is 6.34. The summed E-state index contributed by atoms with van der Waals surface area (Å²) in [6.07, 6.45) is -3.37. The molecule has 16 heteroatoms. The number of likely N-dealkylation sites (N-methyl/N-ethyl adjacent to an activating group) is 1. The first-order valence-corrected chi connectivity index (χ1v) is 15.6. The molecule has 3 N–H and O–H groups in total. The van der Waals surface area contributed by atoms with Crippen LogP contribution in [0, 0.1) is 0 Å². The number of sulfone groups is 1. The van der Waals surface area contributed by atoms with Crippen LogP contribution in [0.15, 0.2) is 47.5 Å². The van der Waals surface area contributed by atoms with E-state index in [1.54, 1.807) is 49.5 Å². The number of benzene rings is 2. The zero-order chi connectivity index (χ0) is 32.2. The monoisotopic (exact) mass is 654 g/mol. The lowest BCUT2D eigenvalue weighted by Crippen LogP contribution is -2.51. The van der Waals surface area contributed by atoms with Crippen molar-refractivity contribution in [2.45, 2.75) is 50.2 Å². The fraction of sp³-hybridized carbons (Fsp3) is 0.357. The van der Waals surface area contributed by atoms with E-state index in [1.807, 2.05) is 0 Å². The number of carbonyl (C=O) groups excluding carboxylic acids is 2. The van der Waals surface area contributed by atoms with Crippen molar-refractivity contribution < 1.29 is 35.9 Å². The van der Waals surface area contributed by atoms with E-state index in [0.717, 1.165) is 0 Å². The summed E-state index contributed by atoms with van der Waals surface area (Å²) in [7, 11) is -2.17. The quantitative estimate of drug-likeness (QED) is 0.270. The molecule has 3 aromatic rings. The molecule has 0 saturated carbocycles. The molecular formula is C28H30ClF3N6O5S. The summed E-state index contributed by atoms with van der Waals surface area (Å²) in [5, 5.41) is 7.93. The number of nitrogens with one attached hydrogen (secondary N) is 3. The number of amides is 2. The Kier molecular flexibility index (Phi) is 9.88. The molecule has 1 unspecified atom stereocenters.